The number of ether oxygens (including phenoxy) is 1. The number of phenolic OH excluding ortho intramolecular Hbond substituents is 1. The van der Waals surface area contributed by atoms with Crippen LogP contribution in [0.1, 0.15) is 30.4 Å². The predicted octanol–water partition coefficient (Wildman–Crippen LogP) is 2.22. The van der Waals surface area contributed by atoms with Gasteiger partial charge in [-0.3, -0.25) is 4.79 Å². The van der Waals surface area contributed by atoms with E-state index in [9.17, 15) is 9.90 Å². The maximum absolute atomic E-state index is 10.9. The molecule has 17 heavy (non-hydrogen) atoms. The second-order valence-corrected chi connectivity index (χ2v) is 4.69. The Hall–Kier alpha value is -1.71. The largest absolute Gasteiger partial charge is 0.507 e. The van der Waals surface area contributed by atoms with Crippen LogP contribution >= 0.6 is 0 Å². The van der Waals surface area contributed by atoms with Crippen molar-refractivity contribution in [1.82, 2.24) is 0 Å². The third-order valence-corrected chi connectivity index (χ3v) is 3.42. The van der Waals surface area contributed by atoms with Gasteiger partial charge in [0, 0.05) is 11.0 Å². The van der Waals surface area contributed by atoms with Gasteiger partial charge in [-0.05, 0) is 37.5 Å². The summed E-state index contributed by atoms with van der Waals surface area (Å²) in [7, 11) is 1.56. The van der Waals surface area contributed by atoms with Gasteiger partial charge >= 0.3 is 5.97 Å². The van der Waals surface area contributed by atoms with Gasteiger partial charge < -0.3 is 14.9 Å². The molecule has 2 N–H and O–H groups in total. The van der Waals surface area contributed by atoms with Crippen LogP contribution in [0.15, 0.2) is 12.1 Å². The molecule has 92 valence electrons. The Morgan fingerprint density at radius 3 is 2.59 bits per heavy atom. The number of benzene rings is 1. The molecule has 1 fully saturated rings. The highest BCUT2D eigenvalue weighted by Gasteiger charge is 2.48. The second-order valence-electron chi connectivity index (χ2n) is 4.69. The van der Waals surface area contributed by atoms with Crippen molar-refractivity contribution >= 4 is 5.97 Å². The van der Waals surface area contributed by atoms with Crippen molar-refractivity contribution in [2.75, 3.05) is 7.11 Å². The minimum atomic E-state index is -0.831. The van der Waals surface area contributed by atoms with Crippen molar-refractivity contribution in [3.8, 4) is 11.5 Å². The zero-order valence-corrected chi connectivity index (χ0v) is 9.99. The summed E-state index contributed by atoms with van der Waals surface area (Å²) in [5, 5.41) is 19.0. The van der Waals surface area contributed by atoms with Gasteiger partial charge in [0.1, 0.15) is 11.5 Å². The van der Waals surface area contributed by atoms with Gasteiger partial charge in [0.2, 0.25) is 0 Å². The van der Waals surface area contributed by atoms with Crippen molar-refractivity contribution in [2.24, 2.45) is 0 Å². The number of aromatic hydroxyl groups is 1. The summed E-state index contributed by atoms with van der Waals surface area (Å²) in [6.45, 7) is 1.79. The number of phenols is 1. The molecule has 1 aromatic carbocycles. The monoisotopic (exact) mass is 236 g/mol. The number of hydrogen-bond donors (Lipinski definition) is 2. The summed E-state index contributed by atoms with van der Waals surface area (Å²) in [5.41, 5.74) is 1.03. The summed E-state index contributed by atoms with van der Waals surface area (Å²) in [6.07, 6.45) is 1.67. The molecule has 4 heteroatoms. The summed E-state index contributed by atoms with van der Waals surface area (Å²) in [4.78, 5) is 10.9. The van der Waals surface area contributed by atoms with E-state index in [0.717, 1.165) is 18.4 Å². The Morgan fingerprint density at radius 1 is 1.47 bits per heavy atom. The topological polar surface area (TPSA) is 66.8 Å². The fraction of sp³-hybridized carbons (Fsp3) is 0.462. The number of aliphatic carboxylic acids is 1. The number of carbonyl (C=O) groups is 1. The average molecular weight is 236 g/mol. The molecule has 1 saturated carbocycles. The molecule has 1 aliphatic rings. The van der Waals surface area contributed by atoms with Crippen molar-refractivity contribution in [2.45, 2.75) is 31.6 Å². The predicted molar refractivity (Wildman–Crippen MR) is 62.6 cm³/mol. The third kappa shape index (κ3) is 2.07. The first-order chi connectivity index (χ1) is 7.98. The average Bonchev–Trinajstić information content (AvgIpc) is 3.01. The van der Waals surface area contributed by atoms with Crippen LogP contribution in [-0.2, 0) is 10.2 Å². The van der Waals surface area contributed by atoms with E-state index in [4.69, 9.17) is 9.84 Å². The minimum Gasteiger partial charge on any atom is -0.507 e. The fourth-order valence-corrected chi connectivity index (χ4v) is 2.25. The molecule has 0 spiro atoms. The SMILES string of the molecule is COc1cc(C)c(O)c(C2(CC(=O)O)CC2)c1. The molecule has 0 unspecified atom stereocenters. The normalized spacial score (nSPS) is 16.6. The van der Waals surface area contributed by atoms with E-state index in [1.54, 1.807) is 26.2 Å². The molecule has 1 aliphatic carbocycles. The number of aryl methyl sites for hydroxylation is 1. The van der Waals surface area contributed by atoms with Crippen LogP contribution in [0.2, 0.25) is 0 Å². The van der Waals surface area contributed by atoms with Crippen LogP contribution in [0, 0.1) is 6.92 Å². The lowest BCUT2D eigenvalue weighted by molar-refractivity contribution is -0.137. The quantitative estimate of drug-likeness (QED) is 0.841. The van der Waals surface area contributed by atoms with Crippen LogP contribution in [0.5, 0.6) is 11.5 Å². The van der Waals surface area contributed by atoms with E-state index in [-0.39, 0.29) is 12.2 Å². The summed E-state index contributed by atoms with van der Waals surface area (Å²) in [6, 6.07) is 3.49. The summed E-state index contributed by atoms with van der Waals surface area (Å²) < 4.78 is 5.16. The van der Waals surface area contributed by atoms with E-state index in [2.05, 4.69) is 0 Å². The van der Waals surface area contributed by atoms with E-state index in [0.29, 0.717) is 11.3 Å². The lowest BCUT2D eigenvalue weighted by atomic mass is 9.90. The molecule has 2 rings (SSSR count). The highest BCUT2D eigenvalue weighted by molar-refractivity contribution is 5.71. The molecule has 0 atom stereocenters. The molecule has 4 nitrogen and oxygen atoms in total. The maximum Gasteiger partial charge on any atom is 0.304 e. The van der Waals surface area contributed by atoms with Gasteiger partial charge in [-0.25, -0.2) is 0 Å². The third-order valence-electron chi connectivity index (χ3n) is 3.42. The highest BCUT2D eigenvalue weighted by Crippen LogP contribution is 2.54. The first-order valence-electron chi connectivity index (χ1n) is 5.58. The lowest BCUT2D eigenvalue weighted by Gasteiger charge is -2.17. The molecule has 0 radical (unpaired) electrons. The minimum absolute atomic E-state index is 0.0627. The van der Waals surface area contributed by atoms with Crippen LogP contribution in [-0.4, -0.2) is 23.3 Å². The van der Waals surface area contributed by atoms with E-state index in [1.165, 1.54) is 0 Å². The molecule has 0 aliphatic heterocycles. The molecule has 0 bridgehead atoms. The Morgan fingerprint density at radius 2 is 2.12 bits per heavy atom. The van der Waals surface area contributed by atoms with Crippen LogP contribution in [0.4, 0.5) is 0 Å². The number of rotatable bonds is 4. The molecular weight excluding hydrogens is 220 g/mol. The van der Waals surface area contributed by atoms with Crippen LogP contribution in [0.3, 0.4) is 0 Å². The van der Waals surface area contributed by atoms with Gasteiger partial charge in [0.15, 0.2) is 0 Å². The molecule has 0 saturated heterocycles. The molecule has 0 aromatic heterocycles. The Bertz CT molecular complexity index is 461. The maximum atomic E-state index is 10.9. The molecule has 1 aromatic rings. The number of hydrogen-bond acceptors (Lipinski definition) is 3. The molecule has 0 heterocycles. The Kier molecular flexibility index (Phi) is 2.73. The van der Waals surface area contributed by atoms with Crippen LogP contribution in [0.25, 0.3) is 0 Å². The number of carboxylic acids is 1. The fourth-order valence-electron chi connectivity index (χ4n) is 2.25. The van der Waals surface area contributed by atoms with E-state index in [1.807, 2.05) is 0 Å². The van der Waals surface area contributed by atoms with Gasteiger partial charge in [0.05, 0.1) is 13.5 Å². The van der Waals surface area contributed by atoms with Gasteiger partial charge in [0.25, 0.3) is 0 Å². The first kappa shape index (κ1) is 11.8. The van der Waals surface area contributed by atoms with Gasteiger partial charge in [-0.1, -0.05) is 0 Å². The molecular formula is C13H16O4. The number of carboxylic acid groups (broad SMARTS) is 1. The van der Waals surface area contributed by atoms with E-state index >= 15 is 0 Å². The first-order valence-corrected chi connectivity index (χ1v) is 5.58. The summed E-state index contributed by atoms with van der Waals surface area (Å²) >= 11 is 0. The van der Waals surface area contributed by atoms with Gasteiger partial charge in [-0.15, -0.1) is 0 Å². The zero-order valence-electron chi connectivity index (χ0n) is 9.99. The number of methoxy groups -OCH3 is 1. The van der Waals surface area contributed by atoms with Crippen molar-refractivity contribution < 1.29 is 19.7 Å². The van der Waals surface area contributed by atoms with Crippen molar-refractivity contribution in [1.29, 1.82) is 0 Å². The van der Waals surface area contributed by atoms with Gasteiger partial charge in [-0.2, -0.15) is 0 Å². The second kappa shape index (κ2) is 3.95. The standard InChI is InChI=1S/C13H16O4/c1-8-5-9(17-2)6-10(12(8)16)13(3-4-13)7-11(14)15/h5-6,16H,3-4,7H2,1-2H3,(H,14,15). The highest BCUT2D eigenvalue weighted by atomic mass is 16.5. The lowest BCUT2D eigenvalue weighted by Crippen LogP contribution is -2.13. The van der Waals surface area contributed by atoms with Crippen molar-refractivity contribution in [3.63, 3.8) is 0 Å². The summed E-state index contributed by atoms with van der Waals surface area (Å²) in [5.74, 6) is 0.0267. The van der Waals surface area contributed by atoms with E-state index < -0.39 is 11.4 Å². The Labute approximate surface area is 99.8 Å². The van der Waals surface area contributed by atoms with Crippen molar-refractivity contribution in [3.05, 3.63) is 23.3 Å². The smallest absolute Gasteiger partial charge is 0.304 e. The molecule has 0 amide bonds. The van der Waals surface area contributed by atoms with Crippen LogP contribution < -0.4 is 4.74 Å². The zero-order chi connectivity index (χ0) is 12.6. The Balaban J connectivity index is 2.44.